The van der Waals surface area contributed by atoms with Crippen LogP contribution in [0.3, 0.4) is 0 Å². The second kappa shape index (κ2) is 8.95. The first-order chi connectivity index (χ1) is 13.1. The molecule has 2 aromatic rings. The second-order valence-electron chi connectivity index (χ2n) is 6.81. The van der Waals surface area contributed by atoms with Crippen LogP contribution in [0.15, 0.2) is 48.5 Å². The average molecular weight is 392 g/mol. The van der Waals surface area contributed by atoms with Gasteiger partial charge in [-0.15, -0.1) is 0 Å². The third-order valence-electron chi connectivity index (χ3n) is 3.62. The minimum atomic E-state index is -4.43. The molecule has 150 valence electrons. The Morgan fingerprint density at radius 1 is 0.893 bits per heavy atom. The summed E-state index contributed by atoms with van der Waals surface area (Å²) in [6.45, 7) is 7.62. The Bertz CT molecular complexity index is 835. The second-order valence-corrected chi connectivity index (χ2v) is 6.81. The van der Waals surface area contributed by atoms with Crippen molar-refractivity contribution in [1.29, 1.82) is 0 Å². The summed E-state index contributed by atoms with van der Waals surface area (Å²) in [7, 11) is 0. The molecule has 0 aromatic heterocycles. The largest absolute Gasteiger partial charge is 0.487 e. The summed E-state index contributed by atoms with van der Waals surface area (Å²) in [4.78, 5) is 12.2. The van der Waals surface area contributed by atoms with Gasteiger partial charge in [-0.1, -0.05) is 24.3 Å². The van der Waals surface area contributed by atoms with E-state index in [2.05, 4.69) is 0 Å². The van der Waals surface area contributed by atoms with Crippen LogP contribution in [-0.4, -0.2) is 18.0 Å². The number of benzene rings is 2. The molecule has 0 N–H and O–H groups in total. The Labute approximate surface area is 162 Å². The van der Waals surface area contributed by atoms with Gasteiger partial charge in [0.1, 0.15) is 0 Å². The van der Waals surface area contributed by atoms with Crippen LogP contribution < -0.4 is 9.47 Å². The molecule has 0 unspecified atom stereocenters. The van der Waals surface area contributed by atoms with Crippen molar-refractivity contribution < 1.29 is 27.4 Å². The van der Waals surface area contributed by atoms with Gasteiger partial charge in [0.15, 0.2) is 17.3 Å². The third-order valence-corrected chi connectivity index (χ3v) is 3.62. The zero-order valence-electron chi connectivity index (χ0n) is 16.2. The zero-order chi connectivity index (χ0) is 20.9. The summed E-state index contributed by atoms with van der Waals surface area (Å²) in [5.41, 5.74) is 0.110. The lowest BCUT2D eigenvalue weighted by molar-refractivity contribution is -0.137. The van der Waals surface area contributed by atoms with E-state index in [1.807, 2.05) is 27.7 Å². The fourth-order valence-electron chi connectivity index (χ4n) is 2.42. The Balaban J connectivity index is 2.19. The van der Waals surface area contributed by atoms with Crippen LogP contribution in [-0.2, 0) is 6.18 Å². The first-order valence-corrected chi connectivity index (χ1v) is 8.93. The number of rotatable bonds is 7. The van der Waals surface area contributed by atoms with Crippen LogP contribution in [0.2, 0.25) is 0 Å². The molecule has 0 heterocycles. The van der Waals surface area contributed by atoms with Crippen LogP contribution in [0.25, 0.3) is 6.08 Å². The maximum Gasteiger partial charge on any atom is 0.416 e. The minimum absolute atomic E-state index is 0.0165. The Kier molecular flexibility index (Phi) is 6.89. The number of allylic oxidation sites excluding steroid dienone is 1. The predicted octanol–water partition coefficient (Wildman–Crippen LogP) is 6.18. The molecule has 0 radical (unpaired) electrons. The van der Waals surface area contributed by atoms with Gasteiger partial charge in [-0.25, -0.2) is 0 Å². The van der Waals surface area contributed by atoms with Gasteiger partial charge in [-0.05, 0) is 63.6 Å². The highest BCUT2D eigenvalue weighted by molar-refractivity contribution is 6.06. The zero-order valence-corrected chi connectivity index (χ0v) is 16.2. The number of carbonyl (C=O) groups excluding carboxylic acids is 1. The van der Waals surface area contributed by atoms with Crippen LogP contribution in [0.1, 0.15) is 49.2 Å². The molecule has 0 saturated carbocycles. The van der Waals surface area contributed by atoms with Gasteiger partial charge < -0.3 is 9.47 Å². The summed E-state index contributed by atoms with van der Waals surface area (Å²) < 4.78 is 49.3. The monoisotopic (exact) mass is 392 g/mol. The van der Waals surface area contributed by atoms with Gasteiger partial charge >= 0.3 is 6.18 Å². The van der Waals surface area contributed by atoms with Crippen LogP contribution in [0, 0.1) is 0 Å². The van der Waals surface area contributed by atoms with Crippen molar-refractivity contribution in [1.82, 2.24) is 0 Å². The van der Waals surface area contributed by atoms with Crippen molar-refractivity contribution in [2.75, 3.05) is 0 Å². The van der Waals surface area contributed by atoms with E-state index in [1.165, 1.54) is 18.2 Å². The van der Waals surface area contributed by atoms with Crippen molar-refractivity contribution in [3.63, 3.8) is 0 Å². The molecule has 2 rings (SSSR count). The lowest BCUT2D eigenvalue weighted by Gasteiger charge is -2.17. The number of hydrogen-bond acceptors (Lipinski definition) is 3. The molecule has 0 aliphatic carbocycles. The van der Waals surface area contributed by atoms with Crippen LogP contribution >= 0.6 is 0 Å². The Morgan fingerprint density at radius 3 is 2.00 bits per heavy atom. The van der Waals surface area contributed by atoms with E-state index >= 15 is 0 Å². The lowest BCUT2D eigenvalue weighted by Crippen LogP contribution is -2.10. The molecule has 0 amide bonds. The number of ether oxygens (including phenoxy) is 2. The number of carbonyl (C=O) groups is 1. The smallest absolute Gasteiger partial charge is 0.416 e. The van der Waals surface area contributed by atoms with Crippen molar-refractivity contribution in [3.8, 4) is 11.5 Å². The first-order valence-electron chi connectivity index (χ1n) is 8.93. The molecule has 28 heavy (non-hydrogen) atoms. The fourth-order valence-corrected chi connectivity index (χ4v) is 2.42. The van der Waals surface area contributed by atoms with Crippen LogP contribution in [0.5, 0.6) is 11.5 Å². The summed E-state index contributed by atoms with van der Waals surface area (Å²) in [5.74, 6) is 0.783. The average Bonchev–Trinajstić information content (AvgIpc) is 2.60. The fraction of sp³-hybridized carbons (Fsp3) is 0.318. The van der Waals surface area contributed by atoms with Gasteiger partial charge in [0.05, 0.1) is 17.8 Å². The Morgan fingerprint density at radius 2 is 1.46 bits per heavy atom. The van der Waals surface area contributed by atoms with E-state index in [9.17, 15) is 18.0 Å². The van der Waals surface area contributed by atoms with E-state index in [4.69, 9.17) is 9.47 Å². The van der Waals surface area contributed by atoms with E-state index in [-0.39, 0.29) is 23.6 Å². The van der Waals surface area contributed by atoms with Crippen molar-refractivity contribution in [3.05, 3.63) is 65.2 Å². The molecule has 0 aliphatic heterocycles. The maximum absolute atomic E-state index is 12.6. The normalized spacial score (nSPS) is 12.0. The number of hydrogen-bond donors (Lipinski definition) is 0. The van der Waals surface area contributed by atoms with Gasteiger partial charge in [0.25, 0.3) is 0 Å². The van der Waals surface area contributed by atoms with E-state index in [1.54, 1.807) is 24.3 Å². The van der Waals surface area contributed by atoms with E-state index < -0.39 is 11.7 Å². The van der Waals surface area contributed by atoms with Gasteiger partial charge in [-0.2, -0.15) is 13.2 Å². The van der Waals surface area contributed by atoms with E-state index in [0.29, 0.717) is 17.1 Å². The SMILES string of the molecule is CC(C)Oc1ccc(/C=C/C(=O)c2ccc(C(F)(F)F)cc2)cc1OC(C)C. The summed E-state index contributed by atoms with van der Waals surface area (Å²) in [6.07, 6.45) is -1.59. The van der Waals surface area contributed by atoms with Gasteiger partial charge in [-0.3, -0.25) is 4.79 Å². The predicted molar refractivity (Wildman–Crippen MR) is 103 cm³/mol. The molecule has 6 heteroatoms. The topological polar surface area (TPSA) is 35.5 Å². The number of halogens is 3. The highest BCUT2D eigenvalue weighted by atomic mass is 19.4. The molecular weight excluding hydrogens is 369 g/mol. The van der Waals surface area contributed by atoms with Gasteiger partial charge in [0, 0.05) is 5.56 Å². The maximum atomic E-state index is 12.6. The molecular formula is C22H23F3O3. The van der Waals surface area contributed by atoms with Crippen LogP contribution in [0.4, 0.5) is 13.2 Å². The lowest BCUT2D eigenvalue weighted by atomic mass is 10.1. The van der Waals surface area contributed by atoms with Crippen molar-refractivity contribution >= 4 is 11.9 Å². The molecule has 0 aliphatic rings. The quantitative estimate of drug-likeness (QED) is 0.417. The minimum Gasteiger partial charge on any atom is -0.487 e. The summed E-state index contributed by atoms with van der Waals surface area (Å²) in [6, 6.07) is 9.43. The molecule has 0 saturated heterocycles. The van der Waals surface area contributed by atoms with Crippen molar-refractivity contribution in [2.45, 2.75) is 46.1 Å². The summed E-state index contributed by atoms with van der Waals surface area (Å²) >= 11 is 0. The highest BCUT2D eigenvalue weighted by Crippen LogP contribution is 2.31. The number of alkyl halides is 3. The molecule has 0 bridgehead atoms. The third kappa shape index (κ3) is 6.15. The number of ketones is 1. The highest BCUT2D eigenvalue weighted by Gasteiger charge is 2.30. The van der Waals surface area contributed by atoms with Crippen molar-refractivity contribution in [2.24, 2.45) is 0 Å². The molecule has 0 atom stereocenters. The van der Waals surface area contributed by atoms with Gasteiger partial charge in [0.2, 0.25) is 0 Å². The molecule has 0 spiro atoms. The summed E-state index contributed by atoms with van der Waals surface area (Å²) in [5, 5.41) is 0. The first kappa shape index (κ1) is 21.5. The molecule has 2 aromatic carbocycles. The Hall–Kier alpha value is -2.76. The molecule has 0 fully saturated rings. The van der Waals surface area contributed by atoms with E-state index in [0.717, 1.165) is 12.1 Å². The molecule has 3 nitrogen and oxygen atoms in total. The standard InChI is InChI=1S/C22H23F3O3/c1-14(2)27-20-12-6-16(13-21(20)28-15(3)4)5-11-19(26)17-7-9-18(10-8-17)22(23,24)25/h5-15H,1-4H3/b11-5+.